The maximum atomic E-state index is 12.1. The summed E-state index contributed by atoms with van der Waals surface area (Å²) in [4.78, 5) is 20.1. The molecule has 0 atom stereocenters. The van der Waals surface area contributed by atoms with Gasteiger partial charge >= 0.3 is 0 Å². The molecule has 1 amide bonds. The second-order valence-electron chi connectivity index (χ2n) is 5.38. The summed E-state index contributed by atoms with van der Waals surface area (Å²) >= 11 is 0. The number of carbonyl (C=O) groups is 1. The van der Waals surface area contributed by atoms with Crippen LogP contribution in [0.4, 0.5) is 0 Å². The molecular formula is C12H23N5O3S. The van der Waals surface area contributed by atoms with E-state index in [-0.39, 0.29) is 12.5 Å². The molecule has 1 aliphatic heterocycles. The molecule has 0 unspecified atom stereocenters. The normalized spacial score (nSPS) is 20.9. The van der Waals surface area contributed by atoms with Crippen molar-refractivity contribution in [2.24, 2.45) is 4.99 Å². The monoisotopic (exact) mass is 317 g/mol. The van der Waals surface area contributed by atoms with Gasteiger partial charge in [0.2, 0.25) is 15.9 Å². The summed E-state index contributed by atoms with van der Waals surface area (Å²) < 4.78 is 24.3. The number of sulfonamides is 1. The number of hydrogen-bond acceptors (Lipinski definition) is 4. The van der Waals surface area contributed by atoms with Crippen LogP contribution < -0.4 is 10.0 Å². The third-order valence-corrected chi connectivity index (χ3v) is 4.26. The summed E-state index contributed by atoms with van der Waals surface area (Å²) in [5.74, 6) is 0.773. The number of carbonyl (C=O) groups excluding carboxylic acids is 1. The Labute approximate surface area is 125 Å². The third kappa shape index (κ3) is 4.85. The van der Waals surface area contributed by atoms with E-state index in [4.69, 9.17) is 0 Å². The van der Waals surface area contributed by atoms with Gasteiger partial charge in [0, 0.05) is 39.3 Å². The largest absolute Gasteiger partial charge is 0.355 e. The van der Waals surface area contributed by atoms with Gasteiger partial charge in [-0.05, 0) is 12.8 Å². The standard InChI is InChI=1S/C12H23N5O3S/c1-13-12(14-5-6-15-21(2,19)20)16-7-8-17(10-3-4-10)11(18)9-16/h10,15H,3-9H2,1-2H3,(H,13,14). The molecular weight excluding hydrogens is 294 g/mol. The molecule has 120 valence electrons. The average Bonchev–Trinajstić information content (AvgIpc) is 3.22. The Morgan fingerprint density at radius 2 is 2.05 bits per heavy atom. The van der Waals surface area contributed by atoms with Gasteiger partial charge in [0.05, 0.1) is 12.8 Å². The Balaban J connectivity index is 1.78. The molecule has 1 saturated carbocycles. The summed E-state index contributed by atoms with van der Waals surface area (Å²) in [6.45, 7) is 2.52. The van der Waals surface area contributed by atoms with E-state index in [0.29, 0.717) is 25.1 Å². The quantitative estimate of drug-likeness (QED) is 0.362. The molecule has 0 aromatic heterocycles. The zero-order valence-corrected chi connectivity index (χ0v) is 13.3. The van der Waals surface area contributed by atoms with Crippen LogP contribution in [0.25, 0.3) is 0 Å². The molecule has 0 spiro atoms. The van der Waals surface area contributed by atoms with Crippen molar-refractivity contribution < 1.29 is 13.2 Å². The van der Waals surface area contributed by atoms with Gasteiger partial charge < -0.3 is 15.1 Å². The van der Waals surface area contributed by atoms with E-state index in [1.807, 2.05) is 9.80 Å². The predicted molar refractivity (Wildman–Crippen MR) is 80.5 cm³/mol. The predicted octanol–water partition coefficient (Wildman–Crippen LogP) is -1.58. The maximum Gasteiger partial charge on any atom is 0.242 e. The molecule has 2 N–H and O–H groups in total. The van der Waals surface area contributed by atoms with E-state index in [9.17, 15) is 13.2 Å². The Bertz CT molecular complexity index is 515. The third-order valence-electron chi connectivity index (χ3n) is 3.53. The first-order chi connectivity index (χ1) is 9.90. The van der Waals surface area contributed by atoms with Crippen molar-refractivity contribution in [2.75, 3.05) is 46.0 Å². The SMILES string of the molecule is CN=C(NCCNS(C)(=O)=O)N1CCN(C2CC2)C(=O)C1. The van der Waals surface area contributed by atoms with Gasteiger partial charge in [-0.3, -0.25) is 9.79 Å². The van der Waals surface area contributed by atoms with Crippen LogP contribution in [0.3, 0.4) is 0 Å². The molecule has 2 rings (SSSR count). The second kappa shape index (κ2) is 6.61. The summed E-state index contributed by atoms with van der Waals surface area (Å²) in [6.07, 6.45) is 3.36. The lowest BCUT2D eigenvalue weighted by molar-refractivity contribution is -0.135. The molecule has 1 heterocycles. The van der Waals surface area contributed by atoms with Gasteiger partial charge in [-0.15, -0.1) is 0 Å². The van der Waals surface area contributed by atoms with Crippen molar-refractivity contribution >= 4 is 21.9 Å². The molecule has 2 fully saturated rings. The maximum absolute atomic E-state index is 12.1. The number of nitrogens with one attached hydrogen (secondary N) is 2. The average molecular weight is 317 g/mol. The van der Waals surface area contributed by atoms with Crippen LogP contribution >= 0.6 is 0 Å². The number of rotatable bonds is 5. The van der Waals surface area contributed by atoms with E-state index in [2.05, 4.69) is 15.0 Å². The van der Waals surface area contributed by atoms with Gasteiger partial charge in [0.25, 0.3) is 0 Å². The lowest BCUT2D eigenvalue weighted by Gasteiger charge is -2.36. The van der Waals surface area contributed by atoms with E-state index < -0.39 is 10.0 Å². The Hall–Kier alpha value is -1.35. The minimum atomic E-state index is -3.18. The van der Waals surface area contributed by atoms with Crippen LogP contribution in [0.2, 0.25) is 0 Å². The van der Waals surface area contributed by atoms with Gasteiger partial charge in [0.15, 0.2) is 5.96 Å². The van der Waals surface area contributed by atoms with E-state index in [1.54, 1.807) is 7.05 Å². The first-order valence-corrected chi connectivity index (χ1v) is 8.99. The zero-order valence-electron chi connectivity index (χ0n) is 12.5. The van der Waals surface area contributed by atoms with Crippen molar-refractivity contribution in [3.8, 4) is 0 Å². The highest BCUT2D eigenvalue weighted by molar-refractivity contribution is 7.88. The summed E-state index contributed by atoms with van der Waals surface area (Å²) in [5, 5.41) is 3.07. The summed E-state index contributed by atoms with van der Waals surface area (Å²) in [5.41, 5.74) is 0. The lowest BCUT2D eigenvalue weighted by atomic mass is 10.3. The number of guanidine groups is 1. The highest BCUT2D eigenvalue weighted by Gasteiger charge is 2.36. The van der Waals surface area contributed by atoms with Crippen molar-refractivity contribution in [1.29, 1.82) is 0 Å². The Morgan fingerprint density at radius 3 is 2.57 bits per heavy atom. The van der Waals surface area contributed by atoms with Crippen LogP contribution in [0.15, 0.2) is 4.99 Å². The van der Waals surface area contributed by atoms with Gasteiger partial charge in [-0.1, -0.05) is 0 Å². The zero-order chi connectivity index (χ0) is 15.5. The van der Waals surface area contributed by atoms with Gasteiger partial charge in [0.1, 0.15) is 0 Å². The number of aliphatic imine (C=N–C) groups is 1. The Morgan fingerprint density at radius 1 is 1.33 bits per heavy atom. The minimum absolute atomic E-state index is 0.140. The molecule has 8 nitrogen and oxygen atoms in total. The van der Waals surface area contributed by atoms with Crippen molar-refractivity contribution in [2.45, 2.75) is 18.9 Å². The fraction of sp³-hybridized carbons (Fsp3) is 0.833. The fourth-order valence-corrected chi connectivity index (χ4v) is 2.86. The molecule has 1 saturated heterocycles. The van der Waals surface area contributed by atoms with Crippen LogP contribution in [0, 0.1) is 0 Å². The topological polar surface area (TPSA) is 94.1 Å². The Kier molecular flexibility index (Phi) is 5.04. The first-order valence-electron chi connectivity index (χ1n) is 7.10. The smallest absolute Gasteiger partial charge is 0.242 e. The lowest BCUT2D eigenvalue weighted by Crippen LogP contribution is -2.56. The van der Waals surface area contributed by atoms with E-state index in [0.717, 1.165) is 32.2 Å². The van der Waals surface area contributed by atoms with Crippen LogP contribution in [-0.2, 0) is 14.8 Å². The number of hydrogen-bond donors (Lipinski definition) is 2. The summed E-state index contributed by atoms with van der Waals surface area (Å²) in [7, 11) is -1.52. The summed E-state index contributed by atoms with van der Waals surface area (Å²) in [6, 6.07) is 0.452. The first kappa shape index (κ1) is 16.0. The molecule has 9 heteroatoms. The van der Waals surface area contributed by atoms with E-state index >= 15 is 0 Å². The number of nitrogens with zero attached hydrogens (tertiary/aromatic N) is 3. The molecule has 1 aliphatic carbocycles. The molecule has 0 aromatic rings. The minimum Gasteiger partial charge on any atom is -0.355 e. The van der Waals surface area contributed by atoms with Crippen molar-refractivity contribution in [3.05, 3.63) is 0 Å². The molecule has 0 bridgehead atoms. The fourth-order valence-electron chi connectivity index (χ4n) is 2.38. The molecule has 0 radical (unpaired) electrons. The number of amides is 1. The molecule has 2 aliphatic rings. The highest BCUT2D eigenvalue weighted by atomic mass is 32.2. The molecule has 0 aromatic carbocycles. The van der Waals surface area contributed by atoms with Crippen LogP contribution in [0.1, 0.15) is 12.8 Å². The van der Waals surface area contributed by atoms with Crippen LogP contribution in [-0.4, -0.2) is 82.2 Å². The van der Waals surface area contributed by atoms with Gasteiger partial charge in [-0.25, -0.2) is 13.1 Å². The van der Waals surface area contributed by atoms with E-state index in [1.165, 1.54) is 0 Å². The van der Waals surface area contributed by atoms with Crippen LogP contribution in [0.5, 0.6) is 0 Å². The molecule has 21 heavy (non-hydrogen) atoms. The highest BCUT2D eigenvalue weighted by Crippen LogP contribution is 2.27. The van der Waals surface area contributed by atoms with Gasteiger partial charge in [-0.2, -0.15) is 0 Å². The second-order valence-corrected chi connectivity index (χ2v) is 7.21. The van der Waals surface area contributed by atoms with Crippen molar-refractivity contribution in [1.82, 2.24) is 19.8 Å². The van der Waals surface area contributed by atoms with Crippen molar-refractivity contribution in [3.63, 3.8) is 0 Å². The number of piperazine rings is 1.